The first-order valence-corrected chi connectivity index (χ1v) is 15.1. The zero-order valence-electron chi connectivity index (χ0n) is 22.7. The highest BCUT2D eigenvalue weighted by Crippen LogP contribution is 2.28. The van der Waals surface area contributed by atoms with Crippen molar-refractivity contribution in [3.8, 4) is 0 Å². The molecule has 0 aromatic heterocycles. The Kier molecular flexibility index (Phi) is 10.2. The molecule has 40 heavy (non-hydrogen) atoms. The summed E-state index contributed by atoms with van der Waals surface area (Å²) in [5.74, 6) is -1.80. The number of sulfonamides is 1. The van der Waals surface area contributed by atoms with E-state index in [-0.39, 0.29) is 28.7 Å². The first-order valence-electron chi connectivity index (χ1n) is 12.5. The normalized spacial score (nSPS) is 12.5. The number of carbonyl (C=O) groups excluding carboxylic acids is 2. The van der Waals surface area contributed by atoms with E-state index in [1.165, 1.54) is 23.1 Å². The fourth-order valence-corrected chi connectivity index (χ4v) is 5.46. The van der Waals surface area contributed by atoms with E-state index >= 15 is 0 Å². The maximum absolute atomic E-state index is 14.0. The van der Waals surface area contributed by atoms with Gasteiger partial charge in [-0.05, 0) is 56.7 Å². The lowest BCUT2D eigenvalue weighted by atomic mass is 10.0. The molecule has 1 atom stereocenters. The van der Waals surface area contributed by atoms with Gasteiger partial charge in [0.1, 0.15) is 18.4 Å². The van der Waals surface area contributed by atoms with Gasteiger partial charge in [-0.3, -0.25) is 13.9 Å². The van der Waals surface area contributed by atoms with Crippen LogP contribution >= 0.6 is 23.2 Å². The maximum atomic E-state index is 14.0. The van der Waals surface area contributed by atoms with Crippen LogP contribution in [0.4, 0.5) is 10.1 Å². The third-order valence-electron chi connectivity index (χ3n) is 5.93. The molecule has 0 aliphatic carbocycles. The van der Waals surface area contributed by atoms with Crippen LogP contribution in [-0.2, 0) is 32.6 Å². The molecule has 0 saturated carbocycles. The molecular formula is C29H32Cl2FN3O4S. The molecular weight excluding hydrogens is 576 g/mol. The van der Waals surface area contributed by atoms with E-state index in [9.17, 15) is 22.4 Å². The van der Waals surface area contributed by atoms with Gasteiger partial charge in [-0.15, -0.1) is 0 Å². The predicted octanol–water partition coefficient (Wildman–Crippen LogP) is 5.45. The zero-order valence-corrected chi connectivity index (χ0v) is 25.0. The second-order valence-electron chi connectivity index (χ2n) is 10.4. The van der Waals surface area contributed by atoms with Crippen molar-refractivity contribution in [3.63, 3.8) is 0 Å². The third kappa shape index (κ3) is 8.68. The van der Waals surface area contributed by atoms with Crippen LogP contribution in [0.25, 0.3) is 0 Å². The summed E-state index contributed by atoms with van der Waals surface area (Å²) in [5, 5.41) is 3.50. The summed E-state index contributed by atoms with van der Waals surface area (Å²) in [6.07, 6.45) is 1.06. The number of carbonyl (C=O) groups is 2. The molecule has 0 bridgehead atoms. The average molecular weight is 609 g/mol. The molecule has 0 radical (unpaired) electrons. The molecule has 0 unspecified atom stereocenters. The van der Waals surface area contributed by atoms with E-state index in [2.05, 4.69) is 5.32 Å². The van der Waals surface area contributed by atoms with E-state index in [1.807, 2.05) is 51.1 Å². The third-order valence-corrected chi connectivity index (χ3v) is 7.78. The lowest BCUT2D eigenvalue weighted by Gasteiger charge is -2.35. The van der Waals surface area contributed by atoms with E-state index in [1.54, 1.807) is 18.2 Å². The van der Waals surface area contributed by atoms with Crippen LogP contribution in [0.15, 0.2) is 72.8 Å². The number of benzene rings is 3. The molecule has 11 heteroatoms. The molecule has 3 aromatic rings. The van der Waals surface area contributed by atoms with Crippen molar-refractivity contribution in [3.05, 3.63) is 99.8 Å². The molecule has 0 spiro atoms. The lowest BCUT2D eigenvalue weighted by Crippen LogP contribution is -2.56. The van der Waals surface area contributed by atoms with Gasteiger partial charge in [0, 0.05) is 34.1 Å². The molecule has 0 heterocycles. The van der Waals surface area contributed by atoms with Gasteiger partial charge in [0.05, 0.1) is 11.9 Å². The van der Waals surface area contributed by atoms with Gasteiger partial charge in [-0.2, -0.15) is 0 Å². The number of nitrogens with one attached hydrogen (secondary N) is 1. The van der Waals surface area contributed by atoms with Crippen molar-refractivity contribution in [2.24, 2.45) is 0 Å². The first-order chi connectivity index (χ1) is 18.7. The standard InChI is InChI=1S/C29H32Cl2FN3O4S/c1-29(2,3)33-28(37)26(16-20-10-6-5-7-11-20)34(18-23-24(30)14-9-15-25(23)31)27(36)19-35(40(4,38)39)22-13-8-12-21(32)17-22/h5-15,17,26H,16,18-19H2,1-4H3,(H,33,37)/t26-/m1/s1. The summed E-state index contributed by atoms with van der Waals surface area (Å²) in [5.41, 5.74) is 0.538. The highest BCUT2D eigenvalue weighted by atomic mass is 35.5. The Bertz CT molecular complexity index is 1440. The lowest BCUT2D eigenvalue weighted by molar-refractivity contribution is -0.140. The Balaban J connectivity index is 2.12. The summed E-state index contributed by atoms with van der Waals surface area (Å²) in [7, 11) is -4.02. The smallest absolute Gasteiger partial charge is 0.244 e. The Hall–Kier alpha value is -3.14. The number of hydrogen-bond acceptors (Lipinski definition) is 4. The summed E-state index contributed by atoms with van der Waals surface area (Å²) >= 11 is 12.9. The summed E-state index contributed by atoms with van der Waals surface area (Å²) < 4.78 is 40.4. The van der Waals surface area contributed by atoms with Crippen LogP contribution in [0.3, 0.4) is 0 Å². The van der Waals surface area contributed by atoms with Crippen LogP contribution in [0.2, 0.25) is 10.0 Å². The Morgan fingerprint density at radius 2 is 1.55 bits per heavy atom. The minimum Gasteiger partial charge on any atom is -0.350 e. The number of anilines is 1. The number of halogens is 3. The van der Waals surface area contributed by atoms with Gasteiger partial charge >= 0.3 is 0 Å². The van der Waals surface area contributed by atoms with Crippen molar-refractivity contribution < 1.29 is 22.4 Å². The number of nitrogens with zero attached hydrogens (tertiary/aromatic N) is 2. The quantitative estimate of drug-likeness (QED) is 0.332. The van der Waals surface area contributed by atoms with Crippen LogP contribution < -0.4 is 9.62 Å². The molecule has 1 N–H and O–H groups in total. The molecule has 214 valence electrons. The van der Waals surface area contributed by atoms with Crippen LogP contribution in [0, 0.1) is 5.82 Å². The summed E-state index contributed by atoms with van der Waals surface area (Å²) in [6, 6.07) is 17.9. The SMILES string of the molecule is CC(C)(C)NC(=O)[C@@H](Cc1ccccc1)N(Cc1c(Cl)cccc1Cl)C(=O)CN(c1cccc(F)c1)S(C)(=O)=O. The predicted molar refractivity (Wildman–Crippen MR) is 157 cm³/mol. The van der Waals surface area contributed by atoms with Crippen LogP contribution in [-0.4, -0.2) is 49.5 Å². The van der Waals surface area contributed by atoms with Gasteiger partial charge in [0.2, 0.25) is 21.8 Å². The molecule has 0 aliphatic heterocycles. The average Bonchev–Trinajstić information content (AvgIpc) is 2.85. The van der Waals surface area contributed by atoms with E-state index < -0.39 is 45.8 Å². The monoisotopic (exact) mass is 607 g/mol. The molecule has 3 rings (SSSR count). The Labute approximate surface area is 244 Å². The maximum Gasteiger partial charge on any atom is 0.244 e. The number of amides is 2. The summed E-state index contributed by atoms with van der Waals surface area (Å²) in [4.78, 5) is 29.0. The number of hydrogen-bond donors (Lipinski definition) is 1. The van der Waals surface area contributed by atoms with E-state index in [0.29, 0.717) is 5.56 Å². The Morgan fingerprint density at radius 1 is 0.950 bits per heavy atom. The zero-order chi connectivity index (χ0) is 29.7. The largest absolute Gasteiger partial charge is 0.350 e. The molecule has 0 aliphatic rings. The molecule has 2 amide bonds. The van der Waals surface area contributed by atoms with Crippen molar-refractivity contribution in [2.45, 2.75) is 45.3 Å². The molecule has 7 nitrogen and oxygen atoms in total. The number of rotatable bonds is 10. The Morgan fingerprint density at radius 3 is 2.10 bits per heavy atom. The van der Waals surface area contributed by atoms with Crippen molar-refractivity contribution >= 4 is 50.7 Å². The van der Waals surface area contributed by atoms with Crippen molar-refractivity contribution in [1.29, 1.82) is 0 Å². The highest BCUT2D eigenvalue weighted by Gasteiger charge is 2.35. The minimum absolute atomic E-state index is 0.0228. The second kappa shape index (κ2) is 13.0. The second-order valence-corrected chi connectivity index (χ2v) is 13.1. The van der Waals surface area contributed by atoms with Gasteiger partial charge in [-0.1, -0.05) is 65.7 Å². The first kappa shape index (κ1) is 31.4. The van der Waals surface area contributed by atoms with Crippen molar-refractivity contribution in [1.82, 2.24) is 10.2 Å². The van der Waals surface area contributed by atoms with Gasteiger partial charge < -0.3 is 10.2 Å². The van der Waals surface area contributed by atoms with Crippen molar-refractivity contribution in [2.75, 3.05) is 17.1 Å². The van der Waals surface area contributed by atoms with Crippen LogP contribution in [0.5, 0.6) is 0 Å². The fraction of sp³-hybridized carbons (Fsp3) is 0.310. The van der Waals surface area contributed by atoms with Gasteiger partial charge in [0.15, 0.2) is 0 Å². The van der Waals surface area contributed by atoms with Crippen LogP contribution in [0.1, 0.15) is 31.9 Å². The summed E-state index contributed by atoms with van der Waals surface area (Å²) in [6.45, 7) is 4.59. The van der Waals surface area contributed by atoms with E-state index in [0.717, 1.165) is 22.2 Å². The van der Waals surface area contributed by atoms with Gasteiger partial charge in [0.25, 0.3) is 0 Å². The van der Waals surface area contributed by atoms with E-state index in [4.69, 9.17) is 23.2 Å². The topological polar surface area (TPSA) is 86.8 Å². The fourth-order valence-electron chi connectivity index (χ4n) is 4.11. The molecule has 3 aromatic carbocycles. The minimum atomic E-state index is -4.02. The van der Waals surface area contributed by atoms with Gasteiger partial charge in [-0.25, -0.2) is 12.8 Å². The highest BCUT2D eigenvalue weighted by molar-refractivity contribution is 7.92. The molecule has 0 saturated heterocycles. The molecule has 0 fully saturated rings.